The molecule has 2 rings (SSSR count). The Balaban J connectivity index is 1.93. The molecule has 120 valence electrons. The smallest absolute Gasteiger partial charge is 0.307 e. The number of rotatable bonds is 5. The number of carboxylic acid groups (broad SMARTS) is 1. The van der Waals surface area contributed by atoms with E-state index in [1.807, 2.05) is 9.80 Å². The number of hydrogen-bond acceptors (Lipinski definition) is 3. The lowest BCUT2D eigenvalue weighted by Crippen LogP contribution is -2.50. The van der Waals surface area contributed by atoms with Crippen molar-refractivity contribution in [3.63, 3.8) is 0 Å². The second-order valence-corrected chi connectivity index (χ2v) is 6.75. The first-order valence-electron chi connectivity index (χ1n) is 8.25. The number of piperidine rings is 1. The zero-order valence-corrected chi connectivity index (χ0v) is 13.3. The van der Waals surface area contributed by atoms with Gasteiger partial charge in [-0.1, -0.05) is 12.8 Å². The molecule has 5 nitrogen and oxygen atoms in total. The van der Waals surface area contributed by atoms with Crippen molar-refractivity contribution in [3.8, 4) is 0 Å². The second-order valence-electron chi connectivity index (χ2n) is 6.75. The first kappa shape index (κ1) is 16.3. The molecular formula is C16H28N2O3. The normalized spacial score (nSPS) is 24.4. The number of hydrogen-bond donors (Lipinski definition) is 1. The third kappa shape index (κ3) is 4.19. The molecule has 0 radical (unpaired) electrons. The topological polar surface area (TPSA) is 60.9 Å². The van der Waals surface area contributed by atoms with E-state index in [-0.39, 0.29) is 17.9 Å². The van der Waals surface area contributed by atoms with Crippen molar-refractivity contribution in [2.75, 3.05) is 19.6 Å². The monoisotopic (exact) mass is 296 g/mol. The molecule has 0 aromatic heterocycles. The summed E-state index contributed by atoms with van der Waals surface area (Å²) in [5.41, 5.74) is 0. The van der Waals surface area contributed by atoms with E-state index in [0.29, 0.717) is 19.1 Å². The van der Waals surface area contributed by atoms with Crippen molar-refractivity contribution in [2.24, 2.45) is 5.92 Å². The zero-order valence-electron chi connectivity index (χ0n) is 13.3. The number of carbonyl (C=O) groups is 2. The van der Waals surface area contributed by atoms with Crippen LogP contribution in [0.15, 0.2) is 0 Å². The van der Waals surface area contributed by atoms with Crippen LogP contribution in [0.4, 0.5) is 0 Å². The maximum absolute atomic E-state index is 12.7. The second kappa shape index (κ2) is 7.25. The fourth-order valence-corrected chi connectivity index (χ4v) is 3.77. The number of carboxylic acids is 1. The number of aliphatic carboxylic acids is 1. The molecule has 1 saturated carbocycles. The summed E-state index contributed by atoms with van der Waals surface area (Å²) in [4.78, 5) is 27.8. The molecule has 1 unspecified atom stereocenters. The van der Waals surface area contributed by atoms with Gasteiger partial charge in [0.15, 0.2) is 0 Å². The van der Waals surface area contributed by atoms with E-state index in [0.717, 1.165) is 32.2 Å². The van der Waals surface area contributed by atoms with E-state index in [1.165, 1.54) is 12.8 Å². The molecule has 1 heterocycles. The highest BCUT2D eigenvalue weighted by molar-refractivity contribution is 5.79. The molecule has 0 aromatic rings. The molecule has 2 aliphatic rings. The van der Waals surface area contributed by atoms with Crippen LogP contribution in [0.2, 0.25) is 0 Å². The highest BCUT2D eigenvalue weighted by Crippen LogP contribution is 2.26. The van der Waals surface area contributed by atoms with Gasteiger partial charge in [-0.25, -0.2) is 0 Å². The van der Waals surface area contributed by atoms with Crippen molar-refractivity contribution in [1.29, 1.82) is 0 Å². The van der Waals surface area contributed by atoms with Gasteiger partial charge in [0, 0.05) is 18.6 Å². The van der Waals surface area contributed by atoms with Gasteiger partial charge in [-0.05, 0) is 46.1 Å². The van der Waals surface area contributed by atoms with Crippen LogP contribution >= 0.6 is 0 Å². The molecule has 2 fully saturated rings. The highest BCUT2D eigenvalue weighted by Gasteiger charge is 2.31. The van der Waals surface area contributed by atoms with Crippen molar-refractivity contribution in [3.05, 3.63) is 0 Å². The maximum atomic E-state index is 12.7. The molecule has 21 heavy (non-hydrogen) atoms. The third-order valence-corrected chi connectivity index (χ3v) is 4.78. The van der Waals surface area contributed by atoms with Gasteiger partial charge >= 0.3 is 5.97 Å². The Morgan fingerprint density at radius 1 is 1.19 bits per heavy atom. The van der Waals surface area contributed by atoms with Crippen LogP contribution in [0.5, 0.6) is 0 Å². The van der Waals surface area contributed by atoms with Gasteiger partial charge in [0.1, 0.15) is 0 Å². The largest absolute Gasteiger partial charge is 0.481 e. The van der Waals surface area contributed by atoms with E-state index in [4.69, 9.17) is 5.11 Å². The summed E-state index contributed by atoms with van der Waals surface area (Å²) in [5.74, 6) is -0.878. The van der Waals surface area contributed by atoms with Crippen molar-refractivity contribution in [1.82, 2.24) is 9.80 Å². The molecular weight excluding hydrogens is 268 g/mol. The fraction of sp³-hybridized carbons (Fsp3) is 0.875. The Morgan fingerprint density at radius 3 is 2.43 bits per heavy atom. The number of likely N-dealkylation sites (tertiary alicyclic amines) is 1. The predicted octanol–water partition coefficient (Wildman–Crippen LogP) is 1.96. The average molecular weight is 296 g/mol. The van der Waals surface area contributed by atoms with E-state index in [9.17, 15) is 9.59 Å². The van der Waals surface area contributed by atoms with Gasteiger partial charge in [0.25, 0.3) is 0 Å². The van der Waals surface area contributed by atoms with Crippen LogP contribution in [0, 0.1) is 5.92 Å². The van der Waals surface area contributed by atoms with Crippen LogP contribution in [-0.2, 0) is 9.59 Å². The van der Waals surface area contributed by atoms with E-state index in [1.54, 1.807) is 0 Å². The number of amides is 1. The molecule has 0 spiro atoms. The fourth-order valence-electron chi connectivity index (χ4n) is 3.77. The SMILES string of the molecule is CC(C)N(C(=O)CN1CCCC(C(=O)O)C1)C1CCCC1. The number of nitrogens with zero attached hydrogens (tertiary/aromatic N) is 2. The zero-order chi connectivity index (χ0) is 15.4. The van der Waals surface area contributed by atoms with Gasteiger partial charge in [-0.3, -0.25) is 14.5 Å². The summed E-state index contributed by atoms with van der Waals surface area (Å²) >= 11 is 0. The first-order valence-corrected chi connectivity index (χ1v) is 8.25. The molecule has 1 saturated heterocycles. The van der Waals surface area contributed by atoms with Crippen LogP contribution < -0.4 is 0 Å². The lowest BCUT2D eigenvalue weighted by molar-refractivity contribution is -0.145. The molecule has 1 aliphatic carbocycles. The van der Waals surface area contributed by atoms with Gasteiger partial charge in [0.2, 0.25) is 5.91 Å². The predicted molar refractivity (Wildman–Crippen MR) is 81.0 cm³/mol. The Labute approximate surface area is 127 Å². The van der Waals surface area contributed by atoms with Crippen LogP contribution in [0.25, 0.3) is 0 Å². The Hall–Kier alpha value is -1.10. The van der Waals surface area contributed by atoms with Crippen LogP contribution in [-0.4, -0.2) is 58.5 Å². The van der Waals surface area contributed by atoms with Gasteiger partial charge in [-0.2, -0.15) is 0 Å². The molecule has 1 N–H and O–H groups in total. The van der Waals surface area contributed by atoms with Gasteiger partial charge in [-0.15, -0.1) is 0 Å². The molecule has 1 amide bonds. The summed E-state index contributed by atoms with van der Waals surface area (Å²) in [6, 6.07) is 0.609. The van der Waals surface area contributed by atoms with Crippen molar-refractivity contribution in [2.45, 2.75) is 64.5 Å². The summed E-state index contributed by atoms with van der Waals surface area (Å²) in [7, 11) is 0. The molecule has 5 heteroatoms. The lowest BCUT2D eigenvalue weighted by atomic mass is 9.98. The minimum absolute atomic E-state index is 0.169. The highest BCUT2D eigenvalue weighted by atomic mass is 16.4. The van der Waals surface area contributed by atoms with Crippen molar-refractivity contribution >= 4 is 11.9 Å². The number of carbonyl (C=O) groups excluding carboxylic acids is 1. The summed E-state index contributed by atoms with van der Waals surface area (Å²) in [6.45, 7) is 5.88. The Bertz CT molecular complexity index is 378. The third-order valence-electron chi connectivity index (χ3n) is 4.78. The van der Waals surface area contributed by atoms with E-state index in [2.05, 4.69) is 13.8 Å². The van der Waals surface area contributed by atoms with E-state index >= 15 is 0 Å². The Morgan fingerprint density at radius 2 is 1.86 bits per heavy atom. The quantitative estimate of drug-likeness (QED) is 0.842. The summed E-state index contributed by atoms with van der Waals surface area (Å²) < 4.78 is 0. The van der Waals surface area contributed by atoms with Crippen molar-refractivity contribution < 1.29 is 14.7 Å². The minimum atomic E-state index is -0.733. The molecule has 0 aromatic carbocycles. The Kier molecular flexibility index (Phi) is 5.62. The van der Waals surface area contributed by atoms with Crippen LogP contribution in [0.3, 0.4) is 0 Å². The summed E-state index contributed by atoms with van der Waals surface area (Å²) in [6.07, 6.45) is 6.26. The van der Waals surface area contributed by atoms with Gasteiger partial charge < -0.3 is 10.0 Å². The maximum Gasteiger partial charge on any atom is 0.307 e. The van der Waals surface area contributed by atoms with E-state index < -0.39 is 5.97 Å². The molecule has 1 aliphatic heterocycles. The molecule has 1 atom stereocenters. The van der Waals surface area contributed by atoms with Crippen LogP contribution in [0.1, 0.15) is 52.4 Å². The average Bonchev–Trinajstić information content (AvgIpc) is 2.92. The lowest BCUT2D eigenvalue weighted by Gasteiger charge is -2.36. The molecule has 0 bridgehead atoms. The van der Waals surface area contributed by atoms with Gasteiger partial charge in [0.05, 0.1) is 12.5 Å². The first-order chi connectivity index (χ1) is 9.99. The standard InChI is InChI=1S/C16H28N2O3/c1-12(2)18(14-7-3-4-8-14)15(19)11-17-9-5-6-13(10-17)16(20)21/h12-14H,3-11H2,1-2H3,(H,20,21). The minimum Gasteiger partial charge on any atom is -0.481 e. The summed E-state index contributed by atoms with van der Waals surface area (Å²) in [5, 5.41) is 9.14.